The minimum absolute atomic E-state index is 0.555. The zero-order valence-corrected chi connectivity index (χ0v) is 13.0. The van der Waals surface area contributed by atoms with Gasteiger partial charge in [-0.3, -0.25) is 0 Å². The van der Waals surface area contributed by atoms with Gasteiger partial charge in [-0.1, -0.05) is 0 Å². The van der Waals surface area contributed by atoms with E-state index < -0.39 is 0 Å². The van der Waals surface area contributed by atoms with Gasteiger partial charge in [-0.15, -0.1) is 0 Å². The summed E-state index contributed by atoms with van der Waals surface area (Å²) in [7, 11) is 4.35. The predicted molar refractivity (Wildman–Crippen MR) is 80.0 cm³/mol. The van der Waals surface area contributed by atoms with Crippen LogP contribution in [-0.4, -0.2) is 36.1 Å². The Labute approximate surface area is 118 Å². The van der Waals surface area contributed by atoms with Gasteiger partial charge < -0.3 is 10.2 Å². The molecule has 1 fully saturated rings. The van der Waals surface area contributed by atoms with Crippen molar-refractivity contribution in [1.82, 2.24) is 9.88 Å². The third-order valence-corrected chi connectivity index (χ3v) is 4.61. The van der Waals surface area contributed by atoms with Crippen LogP contribution in [-0.2, 0) is 0 Å². The number of anilines is 1. The summed E-state index contributed by atoms with van der Waals surface area (Å²) < 4.78 is 1.07. The maximum Gasteiger partial charge on any atom is 0.126 e. The van der Waals surface area contributed by atoms with Gasteiger partial charge in [0.05, 0.1) is 0 Å². The summed E-state index contributed by atoms with van der Waals surface area (Å²) in [5.41, 5.74) is 1.23. The van der Waals surface area contributed by atoms with Gasteiger partial charge in [0.1, 0.15) is 5.82 Å². The lowest BCUT2D eigenvalue weighted by molar-refractivity contribution is 0.219. The zero-order chi connectivity index (χ0) is 13.1. The molecule has 1 saturated carbocycles. The van der Waals surface area contributed by atoms with Crippen molar-refractivity contribution in [3.8, 4) is 0 Å². The zero-order valence-electron chi connectivity index (χ0n) is 11.4. The average molecular weight is 312 g/mol. The van der Waals surface area contributed by atoms with Crippen LogP contribution in [0, 0.1) is 6.92 Å². The van der Waals surface area contributed by atoms with Crippen molar-refractivity contribution in [2.75, 3.05) is 19.4 Å². The highest BCUT2D eigenvalue weighted by atomic mass is 79.9. The molecule has 1 aromatic heterocycles. The third kappa shape index (κ3) is 3.45. The van der Waals surface area contributed by atoms with E-state index in [1.165, 1.54) is 31.2 Å². The van der Waals surface area contributed by atoms with E-state index in [0.29, 0.717) is 12.1 Å². The fourth-order valence-corrected chi connectivity index (χ4v) is 2.81. The van der Waals surface area contributed by atoms with E-state index in [4.69, 9.17) is 0 Å². The summed E-state index contributed by atoms with van der Waals surface area (Å²) in [6, 6.07) is 3.37. The minimum atomic E-state index is 0.555. The molecule has 0 aliphatic heterocycles. The lowest BCUT2D eigenvalue weighted by Crippen LogP contribution is -2.38. The molecule has 1 aromatic rings. The normalized spacial score (nSPS) is 24.3. The smallest absolute Gasteiger partial charge is 0.126 e. The number of aryl methyl sites for hydroxylation is 1. The molecular weight excluding hydrogens is 290 g/mol. The Balaban J connectivity index is 1.98. The highest BCUT2D eigenvalue weighted by Crippen LogP contribution is 2.25. The van der Waals surface area contributed by atoms with Gasteiger partial charge in [0.2, 0.25) is 0 Å². The molecule has 1 heterocycles. The van der Waals surface area contributed by atoms with Gasteiger partial charge in [-0.25, -0.2) is 4.98 Å². The van der Waals surface area contributed by atoms with Gasteiger partial charge in [-0.05, 0) is 74.3 Å². The molecule has 3 nitrogen and oxygen atoms in total. The Morgan fingerprint density at radius 1 is 1.39 bits per heavy atom. The molecule has 100 valence electrons. The average Bonchev–Trinajstić information content (AvgIpc) is 2.34. The van der Waals surface area contributed by atoms with Crippen LogP contribution in [0.2, 0.25) is 0 Å². The number of pyridine rings is 1. The Morgan fingerprint density at radius 3 is 2.83 bits per heavy atom. The summed E-state index contributed by atoms with van der Waals surface area (Å²) in [5.74, 6) is 1.00. The molecule has 0 spiro atoms. The highest BCUT2D eigenvalue weighted by molar-refractivity contribution is 9.10. The van der Waals surface area contributed by atoms with Crippen molar-refractivity contribution in [2.24, 2.45) is 0 Å². The lowest BCUT2D eigenvalue weighted by Gasteiger charge is -2.34. The highest BCUT2D eigenvalue weighted by Gasteiger charge is 2.23. The van der Waals surface area contributed by atoms with Crippen molar-refractivity contribution in [3.05, 3.63) is 22.3 Å². The number of halogens is 1. The van der Waals surface area contributed by atoms with Crippen LogP contribution < -0.4 is 5.32 Å². The van der Waals surface area contributed by atoms with Crippen LogP contribution in [0.25, 0.3) is 0 Å². The van der Waals surface area contributed by atoms with E-state index in [1.807, 2.05) is 6.20 Å². The molecule has 0 bridgehead atoms. The van der Waals surface area contributed by atoms with Crippen LogP contribution in [0.1, 0.15) is 31.2 Å². The molecular formula is C14H22BrN3. The van der Waals surface area contributed by atoms with Crippen LogP contribution in [0.3, 0.4) is 0 Å². The summed E-state index contributed by atoms with van der Waals surface area (Å²) in [6.45, 7) is 2.10. The van der Waals surface area contributed by atoms with Gasteiger partial charge >= 0.3 is 0 Å². The molecule has 2 unspecified atom stereocenters. The van der Waals surface area contributed by atoms with Crippen LogP contribution in [0.4, 0.5) is 5.82 Å². The maximum absolute atomic E-state index is 4.43. The number of aromatic nitrogens is 1. The third-order valence-electron chi connectivity index (χ3n) is 3.78. The van der Waals surface area contributed by atoms with Crippen LogP contribution >= 0.6 is 15.9 Å². The Morgan fingerprint density at radius 2 is 2.17 bits per heavy atom. The van der Waals surface area contributed by atoms with Crippen molar-refractivity contribution >= 4 is 21.7 Å². The second-order valence-electron chi connectivity index (χ2n) is 5.44. The first-order chi connectivity index (χ1) is 8.56. The van der Waals surface area contributed by atoms with Crippen LogP contribution in [0.5, 0.6) is 0 Å². The van der Waals surface area contributed by atoms with E-state index in [2.05, 4.69) is 58.2 Å². The summed E-state index contributed by atoms with van der Waals surface area (Å²) in [5, 5.41) is 3.58. The van der Waals surface area contributed by atoms with E-state index >= 15 is 0 Å². The molecule has 18 heavy (non-hydrogen) atoms. The molecule has 0 amide bonds. The first kappa shape index (κ1) is 13.8. The fourth-order valence-electron chi connectivity index (χ4n) is 2.59. The molecule has 0 radical (unpaired) electrons. The fraction of sp³-hybridized carbons (Fsp3) is 0.643. The molecule has 1 aliphatic rings. The van der Waals surface area contributed by atoms with E-state index in [9.17, 15) is 0 Å². The number of rotatable bonds is 3. The van der Waals surface area contributed by atoms with Gasteiger partial charge in [-0.2, -0.15) is 0 Å². The molecule has 4 heteroatoms. The molecule has 1 aliphatic carbocycles. The van der Waals surface area contributed by atoms with Crippen LogP contribution in [0.15, 0.2) is 16.7 Å². The van der Waals surface area contributed by atoms with Crippen molar-refractivity contribution < 1.29 is 0 Å². The lowest BCUT2D eigenvalue weighted by atomic mass is 9.90. The molecule has 0 aromatic carbocycles. The van der Waals surface area contributed by atoms with Gasteiger partial charge in [0.25, 0.3) is 0 Å². The number of nitrogens with zero attached hydrogens (tertiary/aromatic N) is 2. The molecule has 2 atom stereocenters. The summed E-state index contributed by atoms with van der Waals surface area (Å²) >= 11 is 3.49. The largest absolute Gasteiger partial charge is 0.367 e. The van der Waals surface area contributed by atoms with Gasteiger partial charge in [0, 0.05) is 22.8 Å². The second kappa shape index (κ2) is 6.02. The Bertz CT molecular complexity index is 406. The SMILES string of the molecule is Cc1cc(NC2CCCC(N(C)C)C2)ncc1Br. The molecule has 0 saturated heterocycles. The number of hydrogen-bond acceptors (Lipinski definition) is 3. The first-order valence-electron chi connectivity index (χ1n) is 6.61. The van der Waals surface area contributed by atoms with Crippen molar-refractivity contribution in [3.63, 3.8) is 0 Å². The van der Waals surface area contributed by atoms with Crippen molar-refractivity contribution in [1.29, 1.82) is 0 Å². The second-order valence-corrected chi connectivity index (χ2v) is 6.30. The van der Waals surface area contributed by atoms with Crippen molar-refractivity contribution in [2.45, 2.75) is 44.7 Å². The predicted octanol–water partition coefficient (Wildman–Crippen LogP) is 3.44. The van der Waals surface area contributed by atoms with E-state index in [1.54, 1.807) is 0 Å². The summed E-state index contributed by atoms with van der Waals surface area (Å²) in [4.78, 5) is 6.77. The molecule has 2 rings (SSSR count). The van der Waals surface area contributed by atoms with E-state index in [0.717, 1.165) is 10.3 Å². The quantitative estimate of drug-likeness (QED) is 0.927. The number of hydrogen-bond donors (Lipinski definition) is 1. The van der Waals surface area contributed by atoms with E-state index in [-0.39, 0.29) is 0 Å². The Hall–Kier alpha value is -0.610. The topological polar surface area (TPSA) is 28.2 Å². The Kier molecular flexibility index (Phi) is 4.62. The molecule has 1 N–H and O–H groups in total. The minimum Gasteiger partial charge on any atom is -0.367 e. The first-order valence-corrected chi connectivity index (χ1v) is 7.40. The number of nitrogens with one attached hydrogen (secondary N) is 1. The van der Waals surface area contributed by atoms with Gasteiger partial charge in [0.15, 0.2) is 0 Å². The monoisotopic (exact) mass is 311 g/mol. The summed E-state index contributed by atoms with van der Waals surface area (Å²) in [6.07, 6.45) is 6.96. The maximum atomic E-state index is 4.43. The standard InChI is InChI=1S/C14H22BrN3/c1-10-7-14(16-9-13(10)15)17-11-5-4-6-12(8-11)18(2)3/h7,9,11-12H,4-6,8H2,1-3H3,(H,16,17).